The smallest absolute Gasteiger partial charge is 0.306 e. The highest BCUT2D eigenvalue weighted by atomic mass is 32.1. The van der Waals surface area contributed by atoms with Crippen LogP contribution in [0.2, 0.25) is 0 Å². The molecule has 0 amide bonds. The first-order valence-corrected chi connectivity index (χ1v) is 7.69. The molecule has 3 rings (SSSR count). The number of nitrogens with zero attached hydrogens (tertiary/aromatic N) is 3. The fourth-order valence-electron chi connectivity index (χ4n) is 2.71. The van der Waals surface area contributed by atoms with E-state index in [9.17, 15) is 20.2 Å². The van der Waals surface area contributed by atoms with E-state index in [1.54, 1.807) is 25.1 Å². The van der Waals surface area contributed by atoms with Gasteiger partial charge in [-0.3, -0.25) is 10.1 Å². The second kappa shape index (κ2) is 5.25. The van der Waals surface area contributed by atoms with Gasteiger partial charge in [0.2, 0.25) is 0 Å². The maximum absolute atomic E-state index is 12.9. The van der Waals surface area contributed by atoms with E-state index in [2.05, 4.69) is 0 Å². The molecule has 2 aromatic rings. The lowest BCUT2D eigenvalue weighted by atomic mass is 10.0. The van der Waals surface area contributed by atoms with Crippen LogP contribution >= 0.6 is 11.3 Å². The summed E-state index contributed by atoms with van der Waals surface area (Å²) < 4.78 is 0.639. The van der Waals surface area contributed by atoms with Crippen molar-refractivity contribution < 1.29 is 9.68 Å². The first kappa shape index (κ1) is 15.3. The van der Waals surface area contributed by atoms with Crippen molar-refractivity contribution in [1.29, 1.82) is 0 Å². The second-order valence-corrected chi connectivity index (χ2v) is 6.28. The van der Waals surface area contributed by atoms with Gasteiger partial charge in [-0.25, -0.2) is 0 Å². The zero-order valence-electron chi connectivity index (χ0n) is 12.4. The maximum atomic E-state index is 12.9. The number of hydrogen-bond donors (Lipinski definition) is 0. The molecular weight excluding hydrogens is 318 g/mol. The Balaban J connectivity index is 2.12. The SMILES string of the molecule is CC1=C(c2cccs2)[N+](=O)[C@@](C)(c2cccc([N+](=O)[O-])c2)N1[O-]. The van der Waals surface area contributed by atoms with Gasteiger partial charge in [-0.05, 0) is 24.4 Å². The van der Waals surface area contributed by atoms with Gasteiger partial charge in [0.1, 0.15) is 4.88 Å². The topological polar surface area (TPSA) is 89.5 Å². The lowest BCUT2D eigenvalue weighted by Crippen LogP contribution is -2.41. The van der Waals surface area contributed by atoms with E-state index in [0.717, 1.165) is 0 Å². The quantitative estimate of drug-likeness (QED) is 0.484. The molecule has 0 fully saturated rings. The standard InChI is InChI=1S/C15H13N3O4S/c1-10-14(13-7-4-8-23-13)17(20)15(2,16(10)19)11-5-3-6-12(9-11)18(21)22/h3-9H,1-2H3/t15-/m0/s1. The molecule has 8 heteroatoms. The second-order valence-electron chi connectivity index (χ2n) is 5.33. The first-order chi connectivity index (χ1) is 10.9. The van der Waals surface area contributed by atoms with Crippen LogP contribution in [0.5, 0.6) is 0 Å². The molecule has 0 spiro atoms. The third-order valence-corrected chi connectivity index (χ3v) is 4.88. The van der Waals surface area contributed by atoms with Crippen molar-refractivity contribution in [3.05, 3.63) is 78.1 Å². The summed E-state index contributed by atoms with van der Waals surface area (Å²) in [6.45, 7) is 3.05. The van der Waals surface area contributed by atoms with Gasteiger partial charge in [-0.15, -0.1) is 11.3 Å². The molecule has 0 radical (unpaired) electrons. The van der Waals surface area contributed by atoms with Crippen molar-refractivity contribution in [2.45, 2.75) is 19.5 Å². The van der Waals surface area contributed by atoms with Gasteiger partial charge in [0.25, 0.3) is 11.4 Å². The third kappa shape index (κ3) is 2.14. The average molecular weight is 331 g/mol. The molecule has 1 atom stereocenters. The summed E-state index contributed by atoms with van der Waals surface area (Å²) in [5, 5.41) is 26.1. The first-order valence-electron chi connectivity index (χ1n) is 6.81. The minimum atomic E-state index is -1.57. The zero-order valence-corrected chi connectivity index (χ0v) is 13.2. The van der Waals surface area contributed by atoms with Crippen LogP contribution in [0, 0.1) is 20.2 Å². The highest BCUT2D eigenvalue weighted by Gasteiger charge is 2.55. The Labute approximate surface area is 135 Å². The van der Waals surface area contributed by atoms with Gasteiger partial charge >= 0.3 is 5.66 Å². The van der Waals surface area contributed by atoms with Gasteiger partial charge in [-0.1, -0.05) is 12.1 Å². The molecule has 0 unspecified atom stereocenters. The number of thiophene rings is 1. The Morgan fingerprint density at radius 2 is 2.04 bits per heavy atom. The predicted molar refractivity (Wildman–Crippen MR) is 86.2 cm³/mol. The van der Waals surface area contributed by atoms with Crippen LogP contribution in [0.1, 0.15) is 24.3 Å². The summed E-state index contributed by atoms with van der Waals surface area (Å²) in [6, 6.07) is 9.17. The summed E-state index contributed by atoms with van der Waals surface area (Å²) in [5.74, 6) is 0. The van der Waals surface area contributed by atoms with E-state index in [-0.39, 0.29) is 16.9 Å². The summed E-state index contributed by atoms with van der Waals surface area (Å²) in [7, 11) is 0. The van der Waals surface area contributed by atoms with Gasteiger partial charge in [0.15, 0.2) is 0 Å². The maximum Gasteiger partial charge on any atom is 0.306 e. The number of allylic oxidation sites excluding steroid dienone is 1. The Hall–Kier alpha value is -2.58. The number of benzene rings is 1. The highest BCUT2D eigenvalue weighted by molar-refractivity contribution is 7.11. The van der Waals surface area contributed by atoms with Crippen molar-refractivity contribution in [1.82, 2.24) is 5.06 Å². The van der Waals surface area contributed by atoms with Crippen molar-refractivity contribution in [2.24, 2.45) is 0 Å². The number of non-ortho nitro benzene ring substituents is 1. The molecule has 1 aromatic heterocycles. The fourth-order valence-corrected chi connectivity index (χ4v) is 3.51. The Bertz CT molecular complexity index is 831. The minimum absolute atomic E-state index is 0.159. The number of hydroxylamine groups is 2. The third-order valence-electron chi connectivity index (χ3n) is 4.00. The predicted octanol–water partition coefficient (Wildman–Crippen LogP) is 3.81. The van der Waals surface area contributed by atoms with Gasteiger partial charge in [0, 0.05) is 24.0 Å². The molecule has 1 aromatic carbocycles. The highest BCUT2D eigenvalue weighted by Crippen LogP contribution is 2.45. The lowest BCUT2D eigenvalue weighted by molar-refractivity contribution is -0.565. The van der Waals surface area contributed by atoms with E-state index in [4.69, 9.17) is 0 Å². The summed E-state index contributed by atoms with van der Waals surface area (Å²) in [4.78, 5) is 24.0. The molecule has 2 heterocycles. The lowest BCUT2D eigenvalue weighted by Gasteiger charge is -2.34. The van der Waals surface area contributed by atoms with Crippen LogP contribution in [-0.2, 0) is 5.66 Å². The molecule has 1 aliphatic rings. The minimum Gasteiger partial charge on any atom is -0.753 e. The van der Waals surface area contributed by atoms with Crippen LogP contribution < -0.4 is 0 Å². The molecule has 0 bridgehead atoms. The van der Waals surface area contributed by atoms with Crippen LogP contribution in [0.25, 0.3) is 5.70 Å². The van der Waals surface area contributed by atoms with E-state index >= 15 is 0 Å². The van der Waals surface area contributed by atoms with E-state index < -0.39 is 10.6 Å². The van der Waals surface area contributed by atoms with E-state index in [0.29, 0.717) is 20.4 Å². The number of nitro groups is 1. The molecule has 0 saturated heterocycles. The van der Waals surface area contributed by atoms with Crippen molar-refractivity contribution in [3.63, 3.8) is 0 Å². The molecule has 0 aliphatic carbocycles. The summed E-state index contributed by atoms with van der Waals surface area (Å²) in [6.07, 6.45) is 0. The molecular formula is C15H13N3O4S. The van der Waals surface area contributed by atoms with Crippen LogP contribution in [0.15, 0.2) is 47.5 Å². The number of nitro benzene ring substituents is 1. The fraction of sp³-hybridized carbons (Fsp3) is 0.200. The monoisotopic (exact) mass is 331 g/mol. The van der Waals surface area contributed by atoms with E-state index in [1.807, 2.05) is 5.38 Å². The zero-order chi connectivity index (χ0) is 16.8. The molecule has 0 N–H and O–H groups in total. The van der Waals surface area contributed by atoms with Crippen LogP contribution in [0.3, 0.4) is 0 Å². The molecule has 7 nitrogen and oxygen atoms in total. The van der Waals surface area contributed by atoms with Crippen LogP contribution in [0.4, 0.5) is 5.69 Å². The molecule has 0 saturated carbocycles. The molecule has 23 heavy (non-hydrogen) atoms. The Morgan fingerprint density at radius 3 is 2.65 bits per heavy atom. The van der Waals surface area contributed by atoms with Crippen molar-refractivity contribution in [2.75, 3.05) is 0 Å². The number of nitroso groups, excluding NO2 is 1. The van der Waals surface area contributed by atoms with Gasteiger partial charge < -0.3 is 10.3 Å². The molecule has 1 aliphatic heterocycles. The summed E-state index contributed by atoms with van der Waals surface area (Å²) in [5.41, 5.74) is -0.870. The Kier molecular flexibility index (Phi) is 3.50. The van der Waals surface area contributed by atoms with E-state index in [1.165, 1.54) is 36.5 Å². The normalized spacial score (nSPS) is 21.2. The summed E-state index contributed by atoms with van der Waals surface area (Å²) >= 11 is 1.36. The van der Waals surface area contributed by atoms with Crippen molar-refractivity contribution in [3.8, 4) is 0 Å². The number of hydrogen-bond acceptors (Lipinski definition) is 6. The van der Waals surface area contributed by atoms with Crippen molar-refractivity contribution >= 4 is 22.7 Å². The Morgan fingerprint density at radius 1 is 1.30 bits per heavy atom. The van der Waals surface area contributed by atoms with Gasteiger partial charge in [-0.2, -0.15) is 0 Å². The van der Waals surface area contributed by atoms with Gasteiger partial charge in [0.05, 0.1) is 20.9 Å². The average Bonchev–Trinajstić information content (AvgIpc) is 3.12. The largest absolute Gasteiger partial charge is 0.753 e. The number of rotatable bonds is 3. The molecule has 118 valence electrons. The van der Waals surface area contributed by atoms with Crippen LogP contribution in [-0.4, -0.2) is 14.7 Å².